The Hall–Kier alpha value is -1.50. The van der Waals surface area contributed by atoms with Crippen molar-refractivity contribution in [3.8, 4) is 0 Å². The van der Waals surface area contributed by atoms with Crippen molar-refractivity contribution in [3.05, 3.63) is 35.1 Å². The molecule has 1 fully saturated rings. The van der Waals surface area contributed by atoms with Crippen molar-refractivity contribution >= 4 is 5.91 Å². The normalized spacial score (nSPS) is 17.6. The average Bonchev–Trinajstić information content (AvgIpc) is 2.67. The quantitative estimate of drug-likeness (QED) is 0.826. The van der Waals surface area contributed by atoms with Crippen LogP contribution in [0.3, 0.4) is 0 Å². The van der Waals surface area contributed by atoms with E-state index in [1.165, 1.54) is 6.07 Å². The number of aliphatic hydroxyl groups excluding tert-OH is 1. The number of benzene rings is 1. The van der Waals surface area contributed by atoms with Gasteiger partial charge in [0.15, 0.2) is 0 Å². The van der Waals surface area contributed by atoms with Crippen LogP contribution in [0.2, 0.25) is 0 Å². The van der Waals surface area contributed by atoms with Crippen LogP contribution in [0.25, 0.3) is 0 Å². The Morgan fingerprint density at radius 1 is 1.24 bits per heavy atom. The summed E-state index contributed by atoms with van der Waals surface area (Å²) in [5, 5.41) is 8.98. The summed E-state index contributed by atoms with van der Waals surface area (Å²) in [5.74, 6) is -1.00. The smallest absolute Gasteiger partial charge is 0.248 e. The van der Waals surface area contributed by atoms with Crippen LogP contribution in [-0.2, 0) is 6.54 Å². The Morgan fingerprint density at radius 2 is 1.95 bits per heavy atom. The maximum Gasteiger partial charge on any atom is 0.248 e. The van der Waals surface area contributed by atoms with Gasteiger partial charge in [0, 0.05) is 37.3 Å². The molecule has 116 valence electrons. The van der Waals surface area contributed by atoms with E-state index in [-0.39, 0.29) is 18.0 Å². The molecule has 1 saturated heterocycles. The maximum absolute atomic E-state index is 14.0. The molecule has 0 bridgehead atoms. The van der Waals surface area contributed by atoms with Crippen molar-refractivity contribution in [1.29, 1.82) is 0 Å². The first kappa shape index (κ1) is 15.9. The molecule has 6 heteroatoms. The van der Waals surface area contributed by atoms with Crippen molar-refractivity contribution < 1.29 is 14.3 Å². The van der Waals surface area contributed by atoms with E-state index in [0.717, 1.165) is 32.6 Å². The number of nitrogens with zero attached hydrogens (tertiary/aromatic N) is 2. The molecule has 3 N–H and O–H groups in total. The second kappa shape index (κ2) is 7.49. The maximum atomic E-state index is 14.0. The molecule has 1 heterocycles. The molecule has 0 aliphatic carbocycles. The third kappa shape index (κ3) is 4.49. The summed E-state index contributed by atoms with van der Waals surface area (Å²) in [4.78, 5) is 15.4. The lowest BCUT2D eigenvalue weighted by Crippen LogP contribution is -2.32. The van der Waals surface area contributed by atoms with Crippen molar-refractivity contribution in [1.82, 2.24) is 9.80 Å². The third-order valence-corrected chi connectivity index (χ3v) is 3.83. The molecule has 0 unspecified atom stereocenters. The fourth-order valence-corrected chi connectivity index (χ4v) is 2.62. The Balaban J connectivity index is 1.97. The van der Waals surface area contributed by atoms with E-state index in [1.807, 2.05) is 0 Å². The second-order valence-electron chi connectivity index (χ2n) is 5.37. The number of β-amino-alcohol motifs (C(OH)–C–C–N with tert-alkyl or cyclic N) is 1. The van der Waals surface area contributed by atoms with Crippen molar-refractivity contribution in [3.63, 3.8) is 0 Å². The zero-order valence-electron chi connectivity index (χ0n) is 12.1. The predicted octanol–water partition coefficient (Wildman–Crippen LogP) is 0.425. The highest BCUT2D eigenvalue weighted by Gasteiger charge is 2.16. The van der Waals surface area contributed by atoms with Gasteiger partial charge in [-0.3, -0.25) is 14.6 Å². The molecule has 0 radical (unpaired) electrons. The van der Waals surface area contributed by atoms with Gasteiger partial charge in [0.2, 0.25) is 5.91 Å². The number of hydrogen-bond acceptors (Lipinski definition) is 4. The molecule has 0 atom stereocenters. The first-order valence-electron chi connectivity index (χ1n) is 7.24. The second-order valence-corrected chi connectivity index (χ2v) is 5.37. The highest BCUT2D eigenvalue weighted by atomic mass is 19.1. The summed E-state index contributed by atoms with van der Waals surface area (Å²) in [5.41, 5.74) is 5.91. The largest absolute Gasteiger partial charge is 0.395 e. The molecule has 2 rings (SSSR count). The van der Waals surface area contributed by atoms with Crippen LogP contribution in [0.15, 0.2) is 18.2 Å². The van der Waals surface area contributed by atoms with E-state index in [1.54, 1.807) is 12.1 Å². The van der Waals surface area contributed by atoms with Gasteiger partial charge in [-0.2, -0.15) is 0 Å². The summed E-state index contributed by atoms with van der Waals surface area (Å²) in [6, 6.07) is 4.40. The zero-order chi connectivity index (χ0) is 15.2. The van der Waals surface area contributed by atoms with Crippen LogP contribution in [0.4, 0.5) is 4.39 Å². The number of carbonyl (C=O) groups is 1. The van der Waals surface area contributed by atoms with Crippen molar-refractivity contribution in [2.24, 2.45) is 5.73 Å². The Bertz CT molecular complexity index is 496. The molecular weight excluding hydrogens is 273 g/mol. The zero-order valence-corrected chi connectivity index (χ0v) is 12.1. The molecule has 1 amide bonds. The van der Waals surface area contributed by atoms with E-state index >= 15 is 0 Å². The molecule has 0 aromatic heterocycles. The Kier molecular flexibility index (Phi) is 5.67. The topological polar surface area (TPSA) is 69.8 Å². The van der Waals surface area contributed by atoms with Gasteiger partial charge in [0.25, 0.3) is 0 Å². The van der Waals surface area contributed by atoms with Crippen LogP contribution in [-0.4, -0.2) is 60.1 Å². The highest BCUT2D eigenvalue weighted by Crippen LogP contribution is 2.14. The molecule has 1 aliphatic rings. The summed E-state index contributed by atoms with van der Waals surface area (Å²) in [6.07, 6.45) is 1.00. The van der Waals surface area contributed by atoms with Crippen molar-refractivity contribution in [2.75, 3.05) is 39.3 Å². The Morgan fingerprint density at radius 3 is 2.62 bits per heavy atom. The van der Waals surface area contributed by atoms with Gasteiger partial charge in [-0.1, -0.05) is 6.07 Å². The monoisotopic (exact) mass is 295 g/mol. The number of primary amides is 1. The van der Waals surface area contributed by atoms with Gasteiger partial charge in [-0.05, 0) is 31.6 Å². The highest BCUT2D eigenvalue weighted by molar-refractivity contribution is 5.92. The Labute approximate surface area is 124 Å². The minimum absolute atomic E-state index is 0.170. The minimum Gasteiger partial charge on any atom is -0.395 e. The van der Waals surface area contributed by atoms with E-state index in [0.29, 0.717) is 18.7 Å². The van der Waals surface area contributed by atoms with Gasteiger partial charge >= 0.3 is 0 Å². The molecule has 21 heavy (non-hydrogen) atoms. The van der Waals surface area contributed by atoms with E-state index in [4.69, 9.17) is 10.8 Å². The minimum atomic E-state index is -0.616. The number of halogens is 1. The molecule has 5 nitrogen and oxygen atoms in total. The van der Waals surface area contributed by atoms with Crippen LogP contribution < -0.4 is 5.73 Å². The summed E-state index contributed by atoms with van der Waals surface area (Å²) < 4.78 is 14.0. The van der Waals surface area contributed by atoms with Crippen molar-refractivity contribution in [2.45, 2.75) is 13.0 Å². The van der Waals surface area contributed by atoms with Gasteiger partial charge in [-0.15, -0.1) is 0 Å². The number of amides is 1. The van der Waals surface area contributed by atoms with Crippen LogP contribution in [0.5, 0.6) is 0 Å². The van der Waals surface area contributed by atoms with Crippen LogP contribution in [0.1, 0.15) is 22.3 Å². The summed E-state index contributed by atoms with van der Waals surface area (Å²) in [7, 11) is 0. The van der Waals surface area contributed by atoms with Gasteiger partial charge in [0.1, 0.15) is 5.82 Å². The van der Waals surface area contributed by atoms with Gasteiger partial charge in [0.05, 0.1) is 6.61 Å². The average molecular weight is 295 g/mol. The van der Waals surface area contributed by atoms with E-state index in [9.17, 15) is 9.18 Å². The summed E-state index contributed by atoms with van der Waals surface area (Å²) >= 11 is 0. The number of rotatable bonds is 5. The molecule has 1 aliphatic heterocycles. The van der Waals surface area contributed by atoms with Gasteiger partial charge in [-0.25, -0.2) is 4.39 Å². The lowest BCUT2D eigenvalue weighted by Gasteiger charge is -2.21. The molecule has 1 aromatic rings. The SMILES string of the molecule is NC(=O)c1ccc(CN2CCCN(CCO)CC2)c(F)c1. The predicted molar refractivity (Wildman–Crippen MR) is 78.3 cm³/mol. The van der Waals surface area contributed by atoms with E-state index in [2.05, 4.69) is 9.80 Å². The number of nitrogens with two attached hydrogens (primary N) is 1. The lowest BCUT2D eigenvalue weighted by molar-refractivity contribution is 0.1000. The number of aliphatic hydroxyl groups is 1. The lowest BCUT2D eigenvalue weighted by atomic mass is 10.1. The van der Waals surface area contributed by atoms with E-state index < -0.39 is 5.91 Å². The molecule has 1 aromatic carbocycles. The first-order valence-corrected chi connectivity index (χ1v) is 7.24. The number of carbonyl (C=O) groups excluding carboxylic acids is 1. The van der Waals surface area contributed by atoms with Gasteiger partial charge < -0.3 is 10.8 Å². The van der Waals surface area contributed by atoms with Crippen LogP contribution >= 0.6 is 0 Å². The fourth-order valence-electron chi connectivity index (χ4n) is 2.62. The molecule has 0 spiro atoms. The summed E-state index contributed by atoms with van der Waals surface area (Å²) in [6.45, 7) is 4.97. The fraction of sp³-hybridized carbons (Fsp3) is 0.533. The molecular formula is C15H22FN3O2. The first-order chi connectivity index (χ1) is 10.1. The third-order valence-electron chi connectivity index (χ3n) is 3.83. The van der Waals surface area contributed by atoms with Crippen LogP contribution in [0, 0.1) is 5.82 Å². The standard InChI is InChI=1S/C15H22FN3O2/c16-14-10-12(15(17)21)2-3-13(14)11-19-5-1-4-18(6-7-19)8-9-20/h2-3,10,20H,1,4-9,11H2,(H2,17,21). The number of hydrogen-bond donors (Lipinski definition) is 2. The molecule has 0 saturated carbocycles.